The zero-order chi connectivity index (χ0) is 25.2. The van der Waals surface area contributed by atoms with E-state index in [0.717, 1.165) is 25.7 Å². The molecule has 0 saturated carbocycles. The molecule has 3 N–H and O–H groups in total. The number of rotatable bonds is 12. The predicted molar refractivity (Wildman–Crippen MR) is 138 cm³/mol. The lowest BCUT2D eigenvalue weighted by Gasteiger charge is -2.18. The number of aliphatic hydroxyl groups excluding tert-OH is 1. The summed E-state index contributed by atoms with van der Waals surface area (Å²) in [5, 5.41) is 22.1. The maximum absolute atomic E-state index is 13.1. The van der Waals surface area contributed by atoms with Crippen LogP contribution in [0.2, 0.25) is 10.0 Å². The lowest BCUT2D eigenvalue weighted by molar-refractivity contribution is -0.139. The van der Waals surface area contributed by atoms with Crippen LogP contribution in [-0.2, 0) is 4.79 Å². The molecule has 3 rings (SSSR count). The Labute approximate surface area is 214 Å². The van der Waals surface area contributed by atoms with Gasteiger partial charge in [-0.15, -0.1) is 0 Å². The van der Waals surface area contributed by atoms with Crippen molar-refractivity contribution in [1.29, 1.82) is 0 Å². The third-order valence-corrected chi connectivity index (χ3v) is 5.80. The van der Waals surface area contributed by atoms with Gasteiger partial charge in [0, 0.05) is 39.9 Å². The Bertz CT molecular complexity index is 1120. The topological polar surface area (TPSA) is 95.9 Å². The number of amides is 1. The first-order valence-corrected chi connectivity index (χ1v) is 12.1. The SMILES string of the molecule is O=C(O)COc1c(-c2cccc(Cl)c2)cc(C(=O)NCCCCCCO)cc1-c1cccc(Cl)c1. The van der Waals surface area contributed by atoms with Crippen LogP contribution in [0.1, 0.15) is 36.0 Å². The van der Waals surface area contributed by atoms with Crippen molar-refractivity contribution < 1.29 is 24.5 Å². The van der Waals surface area contributed by atoms with Gasteiger partial charge in [-0.05, 0) is 60.4 Å². The highest BCUT2D eigenvalue weighted by Gasteiger charge is 2.20. The Hall–Kier alpha value is -3.06. The summed E-state index contributed by atoms with van der Waals surface area (Å²) >= 11 is 12.5. The summed E-state index contributed by atoms with van der Waals surface area (Å²) in [6, 6.07) is 17.5. The molecule has 35 heavy (non-hydrogen) atoms. The fraction of sp³-hybridized carbons (Fsp3) is 0.259. The minimum Gasteiger partial charge on any atom is -0.481 e. The second kappa shape index (κ2) is 13.1. The Morgan fingerprint density at radius 1 is 0.829 bits per heavy atom. The zero-order valence-electron chi connectivity index (χ0n) is 19.1. The lowest BCUT2D eigenvalue weighted by Crippen LogP contribution is -2.24. The van der Waals surface area contributed by atoms with Crippen molar-refractivity contribution in [3.05, 3.63) is 76.3 Å². The predicted octanol–water partition coefficient (Wildman–Crippen LogP) is 6.07. The van der Waals surface area contributed by atoms with Gasteiger partial charge in [0.2, 0.25) is 0 Å². The average molecular weight is 516 g/mol. The molecule has 1 amide bonds. The van der Waals surface area contributed by atoms with Crippen molar-refractivity contribution in [2.24, 2.45) is 0 Å². The van der Waals surface area contributed by atoms with E-state index in [-0.39, 0.29) is 12.5 Å². The summed E-state index contributed by atoms with van der Waals surface area (Å²) in [5.74, 6) is -1.07. The molecule has 0 aliphatic heterocycles. The van der Waals surface area contributed by atoms with Gasteiger partial charge < -0.3 is 20.3 Å². The van der Waals surface area contributed by atoms with Crippen molar-refractivity contribution in [3.8, 4) is 28.0 Å². The Morgan fingerprint density at radius 2 is 1.40 bits per heavy atom. The molecule has 0 bridgehead atoms. The number of halogens is 2. The van der Waals surface area contributed by atoms with Crippen LogP contribution in [-0.4, -0.2) is 41.8 Å². The summed E-state index contributed by atoms with van der Waals surface area (Å²) in [6.07, 6.45) is 3.36. The number of carboxylic acids is 1. The van der Waals surface area contributed by atoms with E-state index in [9.17, 15) is 14.7 Å². The fourth-order valence-electron chi connectivity index (χ4n) is 3.68. The minimum absolute atomic E-state index is 0.168. The van der Waals surface area contributed by atoms with Crippen molar-refractivity contribution in [3.63, 3.8) is 0 Å². The molecule has 0 spiro atoms. The number of aliphatic carboxylic acids is 1. The van der Waals surface area contributed by atoms with Crippen LogP contribution in [0.3, 0.4) is 0 Å². The van der Waals surface area contributed by atoms with E-state index >= 15 is 0 Å². The fourth-order valence-corrected chi connectivity index (χ4v) is 4.07. The van der Waals surface area contributed by atoms with Crippen molar-refractivity contribution in [2.75, 3.05) is 19.8 Å². The molecule has 0 radical (unpaired) electrons. The van der Waals surface area contributed by atoms with E-state index in [2.05, 4.69) is 5.32 Å². The minimum atomic E-state index is -1.12. The van der Waals surface area contributed by atoms with Crippen molar-refractivity contribution in [2.45, 2.75) is 25.7 Å². The van der Waals surface area contributed by atoms with E-state index in [1.165, 1.54) is 0 Å². The first-order chi connectivity index (χ1) is 16.9. The second-order valence-corrected chi connectivity index (χ2v) is 8.87. The molecule has 0 fully saturated rings. The van der Waals surface area contributed by atoms with E-state index in [1.807, 2.05) is 12.1 Å². The molecule has 3 aromatic rings. The number of carbonyl (C=O) groups is 2. The maximum Gasteiger partial charge on any atom is 0.341 e. The van der Waals surface area contributed by atoms with Crippen LogP contribution < -0.4 is 10.1 Å². The maximum atomic E-state index is 13.1. The van der Waals surface area contributed by atoms with Crippen molar-refractivity contribution >= 4 is 35.1 Å². The van der Waals surface area contributed by atoms with E-state index < -0.39 is 12.6 Å². The third-order valence-electron chi connectivity index (χ3n) is 5.33. The molecule has 184 valence electrons. The van der Waals surface area contributed by atoms with Crippen LogP contribution in [0, 0.1) is 0 Å². The molecule has 6 nitrogen and oxygen atoms in total. The quantitative estimate of drug-likeness (QED) is 0.254. The highest BCUT2D eigenvalue weighted by atomic mass is 35.5. The van der Waals surface area contributed by atoms with Crippen molar-refractivity contribution in [1.82, 2.24) is 5.32 Å². The van der Waals surface area contributed by atoms with Crippen LogP contribution in [0.4, 0.5) is 0 Å². The van der Waals surface area contributed by atoms with Gasteiger partial charge in [-0.2, -0.15) is 0 Å². The highest BCUT2D eigenvalue weighted by molar-refractivity contribution is 6.31. The summed E-state index contributed by atoms with van der Waals surface area (Å²) < 4.78 is 5.75. The molecular weight excluding hydrogens is 489 g/mol. The number of hydrogen-bond acceptors (Lipinski definition) is 4. The number of ether oxygens (including phenoxy) is 1. The Kier molecular flexibility index (Phi) is 9.97. The summed E-state index contributed by atoms with van der Waals surface area (Å²) in [6.45, 7) is 0.113. The Morgan fingerprint density at radius 3 is 1.91 bits per heavy atom. The van der Waals surface area contributed by atoms with E-state index in [0.29, 0.717) is 50.2 Å². The molecule has 0 aromatic heterocycles. The van der Waals surface area contributed by atoms with Gasteiger partial charge in [-0.1, -0.05) is 60.3 Å². The number of benzene rings is 3. The van der Waals surface area contributed by atoms with E-state index in [1.54, 1.807) is 48.5 Å². The zero-order valence-corrected chi connectivity index (χ0v) is 20.6. The number of nitrogens with one attached hydrogen (secondary N) is 1. The number of carbonyl (C=O) groups excluding carboxylic acids is 1. The van der Waals surface area contributed by atoms with Gasteiger partial charge in [-0.25, -0.2) is 4.79 Å². The molecule has 0 unspecified atom stereocenters. The Balaban J connectivity index is 2.06. The molecule has 0 aliphatic rings. The average Bonchev–Trinajstić information content (AvgIpc) is 2.84. The molecule has 0 saturated heterocycles. The van der Waals surface area contributed by atoms with Crippen LogP contribution in [0.25, 0.3) is 22.3 Å². The summed E-state index contributed by atoms with van der Waals surface area (Å²) in [7, 11) is 0. The van der Waals surface area contributed by atoms with Gasteiger partial charge in [0.25, 0.3) is 5.91 Å². The summed E-state index contributed by atoms with van der Waals surface area (Å²) in [4.78, 5) is 24.4. The monoisotopic (exact) mass is 515 g/mol. The lowest BCUT2D eigenvalue weighted by atomic mass is 9.94. The standard InChI is InChI=1S/C27H27Cl2NO5/c28-21-9-5-7-18(13-21)23-15-20(27(34)30-11-3-1-2-4-12-31)16-24(26(23)35-17-25(32)33)19-8-6-10-22(29)14-19/h5-10,13-16,31H,1-4,11-12,17H2,(H,30,34)(H,32,33). The molecular formula is C27H27Cl2NO5. The molecule has 0 atom stereocenters. The first-order valence-electron chi connectivity index (χ1n) is 11.3. The third kappa shape index (κ3) is 7.72. The highest BCUT2D eigenvalue weighted by Crippen LogP contribution is 2.41. The second-order valence-electron chi connectivity index (χ2n) is 8.00. The van der Waals surface area contributed by atoms with Gasteiger partial charge in [0.15, 0.2) is 6.61 Å². The number of carboxylic acid groups (broad SMARTS) is 1. The molecule has 3 aromatic carbocycles. The number of hydrogen-bond donors (Lipinski definition) is 3. The van der Waals surface area contributed by atoms with Crippen LogP contribution in [0.5, 0.6) is 5.75 Å². The van der Waals surface area contributed by atoms with Crippen LogP contribution >= 0.6 is 23.2 Å². The number of unbranched alkanes of at least 4 members (excludes halogenated alkanes) is 3. The largest absolute Gasteiger partial charge is 0.481 e. The van der Waals surface area contributed by atoms with Gasteiger partial charge in [0.05, 0.1) is 0 Å². The van der Waals surface area contributed by atoms with Gasteiger partial charge in [-0.3, -0.25) is 4.79 Å². The smallest absolute Gasteiger partial charge is 0.341 e. The molecule has 0 heterocycles. The first kappa shape index (κ1) is 26.5. The van der Waals surface area contributed by atoms with E-state index in [4.69, 9.17) is 33.0 Å². The van der Waals surface area contributed by atoms with Crippen LogP contribution in [0.15, 0.2) is 60.7 Å². The van der Waals surface area contributed by atoms with Gasteiger partial charge >= 0.3 is 5.97 Å². The van der Waals surface area contributed by atoms with Gasteiger partial charge in [0.1, 0.15) is 5.75 Å². The molecule has 0 aliphatic carbocycles. The normalized spacial score (nSPS) is 10.7. The summed E-state index contributed by atoms with van der Waals surface area (Å²) in [5.41, 5.74) is 2.84. The number of aliphatic hydroxyl groups is 1. The molecule has 8 heteroatoms.